The Balaban J connectivity index is 2.02. The Bertz CT molecular complexity index is 646. The molecule has 2 N–H and O–H groups in total. The van der Waals surface area contributed by atoms with Crippen molar-refractivity contribution in [1.82, 2.24) is 0 Å². The minimum atomic E-state index is -0.530. The van der Waals surface area contributed by atoms with E-state index in [1.807, 2.05) is 37.3 Å². The highest BCUT2D eigenvalue weighted by atomic mass is 32.2. The summed E-state index contributed by atoms with van der Waals surface area (Å²) >= 11 is 1.35. The maximum atomic E-state index is 12.6. The van der Waals surface area contributed by atoms with Gasteiger partial charge in [0.05, 0.1) is 12.3 Å². The minimum absolute atomic E-state index is 0.0389. The van der Waals surface area contributed by atoms with E-state index in [0.717, 1.165) is 24.3 Å². The molecule has 0 saturated carbocycles. The van der Waals surface area contributed by atoms with Crippen molar-refractivity contribution in [3.63, 3.8) is 0 Å². The lowest BCUT2D eigenvalue weighted by molar-refractivity contribution is -0.111. The summed E-state index contributed by atoms with van der Waals surface area (Å²) in [6.07, 6.45) is 8.63. The molecule has 27 heavy (non-hydrogen) atoms. The van der Waals surface area contributed by atoms with Crippen LogP contribution in [0.2, 0.25) is 0 Å². The maximum absolute atomic E-state index is 12.6. The van der Waals surface area contributed by atoms with Gasteiger partial charge < -0.3 is 10.5 Å². The molecule has 1 unspecified atom stereocenters. The average Bonchev–Trinajstić information content (AvgIpc) is 2.70. The second kappa shape index (κ2) is 11.7. The fraction of sp³-hybridized carbons (Fsp3) is 0.524. The van der Waals surface area contributed by atoms with Gasteiger partial charge in [0.1, 0.15) is 11.8 Å². The van der Waals surface area contributed by atoms with E-state index >= 15 is 0 Å². The van der Waals surface area contributed by atoms with E-state index in [4.69, 9.17) is 10.5 Å². The Hall–Kier alpha value is -1.95. The highest BCUT2D eigenvalue weighted by molar-refractivity contribution is 8.13. The molecule has 0 fully saturated rings. The molecule has 0 amide bonds. The lowest BCUT2D eigenvalue weighted by atomic mass is 10.1. The first-order valence-corrected chi connectivity index (χ1v) is 10.9. The number of rotatable bonds is 11. The monoisotopic (exact) mass is 389 g/mol. The second-order valence-electron chi connectivity index (χ2n) is 6.58. The molecule has 0 bridgehead atoms. The lowest BCUT2D eigenvalue weighted by Crippen LogP contribution is -2.37. The Labute approximate surface area is 167 Å². The first-order valence-electron chi connectivity index (χ1n) is 9.87. The van der Waals surface area contributed by atoms with Crippen LogP contribution in [0.15, 0.2) is 47.4 Å². The van der Waals surface area contributed by atoms with Crippen molar-refractivity contribution < 1.29 is 9.53 Å². The van der Waals surface area contributed by atoms with Gasteiger partial charge in [0, 0.05) is 5.75 Å². The first-order chi connectivity index (χ1) is 13.2. The van der Waals surface area contributed by atoms with Gasteiger partial charge >= 0.3 is 0 Å². The van der Waals surface area contributed by atoms with Crippen molar-refractivity contribution in [1.29, 1.82) is 0 Å². The number of hydrazone groups is 1. The molecule has 5 nitrogen and oxygen atoms in total. The summed E-state index contributed by atoms with van der Waals surface area (Å²) in [7, 11) is 0. The molecule has 2 rings (SSSR count). The van der Waals surface area contributed by atoms with Crippen LogP contribution in [0.1, 0.15) is 52.4 Å². The van der Waals surface area contributed by atoms with Gasteiger partial charge in [-0.15, -0.1) is 0 Å². The van der Waals surface area contributed by atoms with Gasteiger partial charge in [-0.1, -0.05) is 69.5 Å². The van der Waals surface area contributed by atoms with E-state index in [2.05, 4.69) is 12.0 Å². The van der Waals surface area contributed by atoms with Crippen LogP contribution in [0.4, 0.5) is 5.69 Å². The number of benzene rings is 1. The molecule has 0 aliphatic carbocycles. The molecule has 0 aromatic heterocycles. The normalized spacial score (nSPS) is 16.7. The standard InChI is InChI=1S/C21H31N3O2S/c1-3-5-6-7-11-15-27-21(25)18-16-19(26-14-4-2)24(23-20(18)22)17-12-9-8-10-13-17/h8-10,12-13,16,18H,3-7,11,14-15H2,1-2H3,(H2,22,23). The van der Waals surface area contributed by atoms with Gasteiger partial charge in [0.15, 0.2) is 0 Å². The number of nitrogens with zero attached hydrogens (tertiary/aromatic N) is 2. The largest absolute Gasteiger partial charge is 0.478 e. The molecule has 1 aliphatic heterocycles. The quantitative estimate of drug-likeness (QED) is 0.546. The summed E-state index contributed by atoms with van der Waals surface area (Å²) in [5.41, 5.74) is 7.00. The summed E-state index contributed by atoms with van der Waals surface area (Å²) in [5, 5.41) is 6.17. The van der Waals surface area contributed by atoms with Gasteiger partial charge in [-0.25, -0.2) is 0 Å². The van der Waals surface area contributed by atoms with Crippen LogP contribution < -0.4 is 10.7 Å². The molecule has 1 aromatic rings. The SMILES string of the molecule is CCCCCCCSC(=O)C1C=C(OCCC)N(c2ccccc2)N=C1N. The lowest BCUT2D eigenvalue weighted by Gasteiger charge is -2.28. The van der Waals surface area contributed by atoms with Gasteiger partial charge in [-0.2, -0.15) is 10.1 Å². The smallest absolute Gasteiger partial charge is 0.212 e. The van der Waals surface area contributed by atoms with Gasteiger partial charge in [-0.3, -0.25) is 4.79 Å². The van der Waals surface area contributed by atoms with E-state index < -0.39 is 5.92 Å². The van der Waals surface area contributed by atoms with Gasteiger partial charge in [0.2, 0.25) is 11.0 Å². The van der Waals surface area contributed by atoms with Crippen LogP contribution in [0.5, 0.6) is 0 Å². The predicted octanol–water partition coefficient (Wildman–Crippen LogP) is 4.89. The number of unbranched alkanes of at least 4 members (excludes halogenated alkanes) is 4. The topological polar surface area (TPSA) is 67.9 Å². The van der Waals surface area contributed by atoms with Crippen LogP contribution in [0.25, 0.3) is 0 Å². The molecule has 148 valence electrons. The molecule has 0 spiro atoms. The molecule has 1 heterocycles. The van der Waals surface area contributed by atoms with E-state index in [9.17, 15) is 4.79 Å². The zero-order valence-electron chi connectivity index (χ0n) is 16.4. The first kappa shape index (κ1) is 21.4. The molecular formula is C21H31N3O2S. The fourth-order valence-electron chi connectivity index (χ4n) is 2.75. The number of ether oxygens (including phenoxy) is 1. The number of amidine groups is 1. The van der Waals surface area contributed by atoms with Crippen molar-refractivity contribution >= 4 is 28.4 Å². The maximum Gasteiger partial charge on any atom is 0.212 e. The summed E-state index contributed by atoms with van der Waals surface area (Å²) in [6.45, 7) is 4.81. The summed E-state index contributed by atoms with van der Waals surface area (Å²) in [5.74, 6) is 1.18. The number of carbonyl (C=O) groups excluding carboxylic acids is 1. The van der Waals surface area contributed by atoms with Crippen molar-refractivity contribution in [3.05, 3.63) is 42.3 Å². The van der Waals surface area contributed by atoms with Crippen molar-refractivity contribution in [2.24, 2.45) is 16.8 Å². The van der Waals surface area contributed by atoms with Crippen LogP contribution in [-0.4, -0.2) is 23.3 Å². The van der Waals surface area contributed by atoms with E-state index in [1.165, 1.54) is 37.4 Å². The number of anilines is 1. The van der Waals surface area contributed by atoms with Crippen molar-refractivity contribution in [2.45, 2.75) is 52.4 Å². The second-order valence-corrected chi connectivity index (χ2v) is 7.68. The number of carbonyl (C=O) groups is 1. The van der Waals surface area contributed by atoms with E-state index in [0.29, 0.717) is 18.3 Å². The molecule has 1 aliphatic rings. The van der Waals surface area contributed by atoms with Crippen LogP contribution in [0.3, 0.4) is 0 Å². The average molecular weight is 390 g/mol. The van der Waals surface area contributed by atoms with Gasteiger partial charge in [0.25, 0.3) is 0 Å². The molecule has 1 atom stereocenters. The highest BCUT2D eigenvalue weighted by Crippen LogP contribution is 2.27. The summed E-state index contributed by atoms with van der Waals surface area (Å²) < 4.78 is 5.86. The number of para-hydroxylation sites is 1. The Morgan fingerprint density at radius 3 is 2.59 bits per heavy atom. The third-order valence-electron chi connectivity index (χ3n) is 4.25. The Kier molecular flexibility index (Phi) is 9.25. The molecule has 1 aromatic carbocycles. The molecule has 0 saturated heterocycles. The molecule has 0 radical (unpaired) electrons. The van der Waals surface area contributed by atoms with E-state index in [-0.39, 0.29) is 5.12 Å². The van der Waals surface area contributed by atoms with E-state index in [1.54, 1.807) is 11.1 Å². The summed E-state index contributed by atoms with van der Waals surface area (Å²) in [4.78, 5) is 12.6. The van der Waals surface area contributed by atoms with Crippen LogP contribution in [-0.2, 0) is 9.53 Å². The molecular weight excluding hydrogens is 358 g/mol. The fourth-order valence-corrected chi connectivity index (χ4v) is 3.67. The van der Waals surface area contributed by atoms with Crippen molar-refractivity contribution in [2.75, 3.05) is 17.4 Å². The number of nitrogens with two attached hydrogens (primary N) is 1. The zero-order chi connectivity index (χ0) is 19.5. The third-order valence-corrected chi connectivity index (χ3v) is 5.28. The highest BCUT2D eigenvalue weighted by Gasteiger charge is 2.29. The van der Waals surface area contributed by atoms with Crippen LogP contribution in [0, 0.1) is 5.92 Å². The Morgan fingerprint density at radius 1 is 1.15 bits per heavy atom. The zero-order valence-corrected chi connectivity index (χ0v) is 17.2. The van der Waals surface area contributed by atoms with Crippen molar-refractivity contribution in [3.8, 4) is 0 Å². The molecule has 6 heteroatoms. The Morgan fingerprint density at radius 2 is 1.89 bits per heavy atom. The number of thioether (sulfide) groups is 1. The number of hydrogen-bond donors (Lipinski definition) is 1. The van der Waals surface area contributed by atoms with Crippen LogP contribution >= 0.6 is 11.8 Å². The third kappa shape index (κ3) is 6.61. The number of hydrogen-bond acceptors (Lipinski definition) is 6. The predicted molar refractivity (Wildman–Crippen MR) is 115 cm³/mol. The summed E-state index contributed by atoms with van der Waals surface area (Å²) in [6, 6.07) is 9.69. The van der Waals surface area contributed by atoms with Gasteiger partial charge in [-0.05, 0) is 31.1 Å². The minimum Gasteiger partial charge on any atom is -0.478 e.